The van der Waals surface area contributed by atoms with Crippen LogP contribution in [0.4, 0.5) is 0 Å². The maximum absolute atomic E-state index is 6.22. The van der Waals surface area contributed by atoms with E-state index in [0.717, 1.165) is 21.3 Å². The molecule has 0 bridgehead atoms. The second kappa shape index (κ2) is 7.00. The fourth-order valence-corrected chi connectivity index (χ4v) is 3.78. The zero-order chi connectivity index (χ0) is 17.2. The Hall–Kier alpha value is -2.15. The van der Waals surface area contributed by atoms with Gasteiger partial charge in [0.05, 0.1) is 5.69 Å². The normalized spacial score (nSPS) is 11.1. The summed E-state index contributed by atoms with van der Waals surface area (Å²) in [5.74, 6) is 0.690. The van der Waals surface area contributed by atoms with Gasteiger partial charge in [0.15, 0.2) is 11.2 Å². The number of nitrogens with zero attached hydrogens (tertiary/aromatic N) is 5. The summed E-state index contributed by atoms with van der Waals surface area (Å²) in [6.45, 7) is 0. The first kappa shape index (κ1) is 16.3. The van der Waals surface area contributed by atoms with Gasteiger partial charge >= 0.3 is 0 Å². The minimum absolute atomic E-state index is 0.628. The van der Waals surface area contributed by atoms with Crippen LogP contribution in [0.25, 0.3) is 16.9 Å². The van der Waals surface area contributed by atoms with Gasteiger partial charge in [-0.2, -0.15) is 4.68 Å². The molecule has 2 heterocycles. The van der Waals surface area contributed by atoms with Crippen molar-refractivity contribution >= 4 is 46.1 Å². The lowest BCUT2D eigenvalue weighted by atomic mass is 10.2. The Morgan fingerprint density at radius 1 is 1.00 bits per heavy atom. The van der Waals surface area contributed by atoms with Gasteiger partial charge in [0, 0.05) is 15.8 Å². The lowest BCUT2D eigenvalue weighted by Gasteiger charge is -2.04. The van der Waals surface area contributed by atoms with E-state index >= 15 is 0 Å². The monoisotopic (exact) mass is 387 g/mol. The van der Waals surface area contributed by atoms with Crippen molar-refractivity contribution in [2.75, 3.05) is 0 Å². The Morgan fingerprint density at radius 2 is 1.88 bits per heavy atom. The van der Waals surface area contributed by atoms with Crippen molar-refractivity contribution in [3.8, 4) is 5.69 Å². The largest absolute Gasteiger partial charge is 0.227 e. The van der Waals surface area contributed by atoms with Crippen molar-refractivity contribution in [1.29, 1.82) is 0 Å². The van der Waals surface area contributed by atoms with E-state index in [-0.39, 0.29) is 0 Å². The van der Waals surface area contributed by atoms with E-state index in [1.165, 1.54) is 6.33 Å². The van der Waals surface area contributed by atoms with Gasteiger partial charge in [-0.15, -0.1) is 5.10 Å². The maximum Gasteiger partial charge on any atom is 0.187 e. The molecule has 0 aliphatic heterocycles. The molecule has 25 heavy (non-hydrogen) atoms. The number of hydrogen-bond acceptors (Lipinski definition) is 5. The van der Waals surface area contributed by atoms with Crippen LogP contribution < -0.4 is 0 Å². The third kappa shape index (κ3) is 3.33. The van der Waals surface area contributed by atoms with Crippen molar-refractivity contribution < 1.29 is 0 Å². The fourth-order valence-electron chi connectivity index (χ4n) is 2.38. The zero-order valence-corrected chi connectivity index (χ0v) is 15.1. The number of halogens is 2. The highest BCUT2D eigenvalue weighted by molar-refractivity contribution is 7.98. The van der Waals surface area contributed by atoms with E-state index in [9.17, 15) is 0 Å². The third-order valence-corrected chi connectivity index (χ3v) is 5.21. The molecule has 5 nitrogen and oxygen atoms in total. The molecule has 0 fully saturated rings. The van der Waals surface area contributed by atoms with E-state index in [0.29, 0.717) is 21.9 Å². The Labute approximate surface area is 158 Å². The van der Waals surface area contributed by atoms with Crippen LogP contribution in [0, 0.1) is 0 Å². The number of fused-ring (bicyclic) bond motifs is 1. The topological polar surface area (TPSA) is 56.5 Å². The molecule has 8 heteroatoms. The number of hydrogen-bond donors (Lipinski definition) is 0. The Kier molecular flexibility index (Phi) is 4.57. The predicted octanol–water partition coefficient (Wildman–Crippen LogP) is 4.81. The van der Waals surface area contributed by atoms with Gasteiger partial charge in [-0.1, -0.05) is 64.4 Å². The minimum atomic E-state index is 0.628. The van der Waals surface area contributed by atoms with Crippen LogP contribution in [0.1, 0.15) is 5.56 Å². The van der Waals surface area contributed by atoms with Crippen LogP contribution in [-0.2, 0) is 5.75 Å². The smallest absolute Gasteiger partial charge is 0.187 e. The van der Waals surface area contributed by atoms with Gasteiger partial charge in [0.25, 0.3) is 0 Å². The number of aromatic nitrogens is 5. The summed E-state index contributed by atoms with van der Waals surface area (Å²) in [4.78, 5) is 8.67. The molecule has 0 aliphatic carbocycles. The van der Waals surface area contributed by atoms with E-state index in [1.54, 1.807) is 16.4 Å². The van der Waals surface area contributed by atoms with Crippen molar-refractivity contribution in [3.63, 3.8) is 0 Å². The first-order valence-electron chi connectivity index (χ1n) is 7.41. The van der Waals surface area contributed by atoms with Crippen LogP contribution in [0.15, 0.2) is 59.9 Å². The average molecular weight is 388 g/mol. The second-order valence-electron chi connectivity index (χ2n) is 5.21. The van der Waals surface area contributed by atoms with Crippen molar-refractivity contribution in [1.82, 2.24) is 25.0 Å². The minimum Gasteiger partial charge on any atom is -0.227 e. The lowest BCUT2D eigenvalue weighted by molar-refractivity contribution is 0.817. The van der Waals surface area contributed by atoms with Crippen LogP contribution >= 0.6 is 35.0 Å². The van der Waals surface area contributed by atoms with Gasteiger partial charge in [0.2, 0.25) is 0 Å². The first-order chi connectivity index (χ1) is 12.2. The quantitative estimate of drug-likeness (QED) is 0.371. The van der Waals surface area contributed by atoms with Crippen LogP contribution in [0.5, 0.6) is 0 Å². The Morgan fingerprint density at radius 3 is 2.72 bits per heavy atom. The SMILES string of the molecule is Clc1cccc(-n2nnc3c(SCc4ccccc4Cl)ncnc32)c1. The lowest BCUT2D eigenvalue weighted by Crippen LogP contribution is -1.98. The molecule has 0 N–H and O–H groups in total. The van der Waals surface area contributed by atoms with E-state index in [2.05, 4.69) is 20.3 Å². The van der Waals surface area contributed by atoms with Crippen molar-refractivity contribution in [2.45, 2.75) is 10.8 Å². The average Bonchev–Trinajstić information content (AvgIpc) is 3.06. The molecule has 0 saturated carbocycles. The van der Waals surface area contributed by atoms with Gasteiger partial charge in [0.1, 0.15) is 11.4 Å². The summed E-state index contributed by atoms with van der Waals surface area (Å²) >= 11 is 13.8. The molecule has 0 spiro atoms. The first-order valence-corrected chi connectivity index (χ1v) is 9.15. The summed E-state index contributed by atoms with van der Waals surface area (Å²) in [5.41, 5.74) is 3.14. The molecule has 124 valence electrons. The number of benzene rings is 2. The highest BCUT2D eigenvalue weighted by atomic mass is 35.5. The summed E-state index contributed by atoms with van der Waals surface area (Å²) in [6.07, 6.45) is 1.52. The van der Waals surface area contributed by atoms with Crippen LogP contribution in [0.3, 0.4) is 0 Å². The summed E-state index contributed by atoms with van der Waals surface area (Å²) in [7, 11) is 0. The van der Waals surface area contributed by atoms with Gasteiger partial charge in [-0.3, -0.25) is 0 Å². The number of rotatable bonds is 4. The molecule has 4 aromatic rings. The van der Waals surface area contributed by atoms with Crippen molar-refractivity contribution in [3.05, 3.63) is 70.5 Å². The van der Waals surface area contributed by atoms with Crippen molar-refractivity contribution in [2.24, 2.45) is 0 Å². The molecule has 0 amide bonds. The fraction of sp³-hybridized carbons (Fsp3) is 0.0588. The molecule has 0 radical (unpaired) electrons. The number of thioether (sulfide) groups is 1. The van der Waals surface area contributed by atoms with Gasteiger partial charge in [-0.25, -0.2) is 9.97 Å². The molecular weight excluding hydrogens is 377 g/mol. The van der Waals surface area contributed by atoms with E-state index in [4.69, 9.17) is 23.2 Å². The standard InChI is InChI=1S/C17H11Cl2N5S/c18-12-5-3-6-13(8-12)24-16-15(22-23-24)17(21-10-20-16)25-9-11-4-1-2-7-14(11)19/h1-8,10H,9H2. The van der Waals surface area contributed by atoms with E-state index < -0.39 is 0 Å². The molecule has 0 unspecified atom stereocenters. The Bertz CT molecular complexity index is 1050. The highest BCUT2D eigenvalue weighted by Crippen LogP contribution is 2.29. The van der Waals surface area contributed by atoms with Gasteiger partial charge < -0.3 is 0 Å². The summed E-state index contributed by atoms with van der Waals surface area (Å²) in [5, 5.41) is 10.6. The maximum atomic E-state index is 6.22. The van der Waals surface area contributed by atoms with Crippen LogP contribution in [-0.4, -0.2) is 25.0 Å². The Balaban J connectivity index is 1.68. The predicted molar refractivity (Wildman–Crippen MR) is 100 cm³/mol. The molecule has 0 saturated heterocycles. The zero-order valence-electron chi connectivity index (χ0n) is 12.8. The second-order valence-corrected chi connectivity index (χ2v) is 7.02. The third-order valence-electron chi connectivity index (χ3n) is 3.58. The highest BCUT2D eigenvalue weighted by Gasteiger charge is 2.14. The summed E-state index contributed by atoms with van der Waals surface area (Å²) in [6, 6.07) is 15.1. The van der Waals surface area contributed by atoms with E-state index in [1.807, 2.05) is 48.5 Å². The van der Waals surface area contributed by atoms with Crippen LogP contribution in [0.2, 0.25) is 10.0 Å². The molecule has 2 aromatic heterocycles. The molecular formula is C17H11Cl2N5S. The molecule has 0 aliphatic rings. The van der Waals surface area contributed by atoms with Gasteiger partial charge in [-0.05, 0) is 29.8 Å². The molecule has 4 rings (SSSR count). The molecule has 2 aromatic carbocycles. The summed E-state index contributed by atoms with van der Waals surface area (Å²) < 4.78 is 1.66. The molecule has 0 atom stereocenters.